The van der Waals surface area contributed by atoms with E-state index in [1.54, 1.807) is 12.5 Å². The first-order chi connectivity index (χ1) is 9.17. The minimum atomic E-state index is -1.66. The van der Waals surface area contributed by atoms with Crippen LogP contribution in [0.2, 0.25) is 18.1 Å². The molecule has 1 heterocycles. The quantitative estimate of drug-likeness (QED) is 0.460. The number of nitrogens with zero attached hydrogens (tertiary/aromatic N) is 2. The predicted octanol–water partition coefficient (Wildman–Crippen LogP) is 3.08. The van der Waals surface area contributed by atoms with Crippen LogP contribution in [0.5, 0.6) is 0 Å². The topological polar surface area (TPSA) is 53.4 Å². The summed E-state index contributed by atoms with van der Waals surface area (Å²) in [5.74, 6) is -0.402. The van der Waals surface area contributed by atoms with Gasteiger partial charge in [0, 0.05) is 19.3 Å². The van der Waals surface area contributed by atoms with Crippen molar-refractivity contribution in [3.05, 3.63) is 18.2 Å². The molecule has 0 fully saturated rings. The summed E-state index contributed by atoms with van der Waals surface area (Å²) in [6, 6.07) is 0. The van der Waals surface area contributed by atoms with Gasteiger partial charge in [-0.05, 0) is 24.6 Å². The predicted molar refractivity (Wildman–Crippen MR) is 81.3 cm³/mol. The number of carbonyl (C=O) groups is 1. The van der Waals surface area contributed by atoms with Gasteiger partial charge in [-0.3, -0.25) is 0 Å². The van der Waals surface area contributed by atoms with Crippen molar-refractivity contribution in [2.45, 2.75) is 51.9 Å². The number of aryl methyl sites for hydroxylation is 1. The molecule has 1 rings (SSSR count). The third-order valence-electron chi connectivity index (χ3n) is 3.86. The van der Waals surface area contributed by atoms with Crippen LogP contribution in [-0.4, -0.2) is 37.6 Å². The molecule has 0 amide bonds. The molecule has 6 heteroatoms. The Balaban J connectivity index is 2.38. The largest absolute Gasteiger partial charge is 0.464 e. The van der Waals surface area contributed by atoms with Gasteiger partial charge in [-0.15, -0.1) is 0 Å². The third-order valence-corrected chi connectivity index (χ3v) is 8.40. The number of imidazole rings is 1. The summed E-state index contributed by atoms with van der Waals surface area (Å²) in [5.41, 5.74) is 0.345. The molecular weight excluding hydrogens is 272 g/mol. The van der Waals surface area contributed by atoms with Crippen LogP contribution in [0.15, 0.2) is 12.5 Å². The lowest BCUT2D eigenvalue weighted by Crippen LogP contribution is -2.41. The summed E-state index contributed by atoms with van der Waals surface area (Å²) < 4.78 is 12.6. The van der Waals surface area contributed by atoms with Crippen molar-refractivity contribution in [3.8, 4) is 0 Å². The molecule has 1 aromatic rings. The molecule has 0 aliphatic heterocycles. The number of methoxy groups -OCH3 is 1. The second kappa shape index (κ2) is 6.54. The molecule has 0 aliphatic carbocycles. The van der Waals surface area contributed by atoms with E-state index in [1.165, 1.54) is 7.11 Å². The number of ether oxygens (including phenoxy) is 1. The third kappa shape index (κ3) is 4.45. The fraction of sp³-hybridized carbons (Fsp3) is 0.714. The number of carbonyl (C=O) groups excluding carboxylic acids is 1. The van der Waals surface area contributed by atoms with E-state index >= 15 is 0 Å². The van der Waals surface area contributed by atoms with Crippen molar-refractivity contribution in [3.63, 3.8) is 0 Å². The highest BCUT2D eigenvalue weighted by molar-refractivity contribution is 6.74. The van der Waals surface area contributed by atoms with Gasteiger partial charge < -0.3 is 13.7 Å². The molecule has 20 heavy (non-hydrogen) atoms. The van der Waals surface area contributed by atoms with Crippen LogP contribution in [0, 0.1) is 0 Å². The Morgan fingerprint density at radius 2 is 2.05 bits per heavy atom. The highest BCUT2D eigenvalue weighted by atomic mass is 28.4. The molecule has 0 atom stereocenters. The molecule has 0 aliphatic rings. The van der Waals surface area contributed by atoms with E-state index in [0.29, 0.717) is 5.69 Å². The van der Waals surface area contributed by atoms with Gasteiger partial charge in [-0.1, -0.05) is 20.8 Å². The van der Waals surface area contributed by atoms with Gasteiger partial charge in [0.25, 0.3) is 0 Å². The van der Waals surface area contributed by atoms with Gasteiger partial charge in [-0.25, -0.2) is 9.78 Å². The molecule has 5 nitrogen and oxygen atoms in total. The van der Waals surface area contributed by atoms with Crippen molar-refractivity contribution >= 4 is 14.3 Å². The first-order valence-corrected chi connectivity index (χ1v) is 9.82. The van der Waals surface area contributed by atoms with Crippen molar-refractivity contribution in [2.75, 3.05) is 13.7 Å². The fourth-order valence-electron chi connectivity index (χ4n) is 1.48. The SMILES string of the molecule is COC(=O)c1cn(CCCO[Si](C)(C)C(C)(C)C)cn1. The maximum Gasteiger partial charge on any atom is 0.358 e. The Labute approximate surface area is 122 Å². The zero-order valence-electron chi connectivity index (χ0n) is 13.4. The molecule has 1 aromatic heterocycles. The highest BCUT2D eigenvalue weighted by Gasteiger charge is 2.36. The average molecular weight is 298 g/mol. The van der Waals surface area contributed by atoms with Gasteiger partial charge in [-0.2, -0.15) is 0 Å². The van der Waals surface area contributed by atoms with Crippen LogP contribution in [0.1, 0.15) is 37.7 Å². The Morgan fingerprint density at radius 3 is 2.60 bits per heavy atom. The summed E-state index contributed by atoms with van der Waals surface area (Å²) in [5, 5.41) is 0.236. The summed E-state index contributed by atoms with van der Waals surface area (Å²) in [6.45, 7) is 12.7. The second-order valence-corrected chi connectivity index (χ2v) is 11.3. The van der Waals surface area contributed by atoms with Gasteiger partial charge in [0.05, 0.1) is 13.4 Å². The van der Waals surface area contributed by atoms with Crippen LogP contribution < -0.4 is 0 Å². The van der Waals surface area contributed by atoms with E-state index in [-0.39, 0.29) is 5.04 Å². The lowest BCUT2D eigenvalue weighted by Gasteiger charge is -2.36. The fourth-order valence-corrected chi connectivity index (χ4v) is 2.57. The van der Waals surface area contributed by atoms with Gasteiger partial charge in [0.2, 0.25) is 0 Å². The summed E-state index contributed by atoms with van der Waals surface area (Å²) in [6.07, 6.45) is 4.26. The van der Waals surface area contributed by atoms with E-state index in [2.05, 4.69) is 43.6 Å². The molecule has 0 N–H and O–H groups in total. The Kier molecular flexibility index (Phi) is 5.53. The second-order valence-electron chi connectivity index (χ2n) is 6.45. The maximum atomic E-state index is 11.3. The molecule has 0 unspecified atom stereocenters. The Bertz CT molecular complexity index is 450. The molecule has 0 saturated heterocycles. The molecule has 0 spiro atoms. The minimum Gasteiger partial charge on any atom is -0.464 e. The van der Waals surface area contributed by atoms with Crippen LogP contribution in [0.4, 0.5) is 0 Å². The van der Waals surface area contributed by atoms with Crippen molar-refractivity contribution in [1.82, 2.24) is 9.55 Å². The molecule has 0 aromatic carbocycles. The lowest BCUT2D eigenvalue weighted by atomic mass is 10.2. The van der Waals surface area contributed by atoms with Crippen LogP contribution in [0.25, 0.3) is 0 Å². The van der Waals surface area contributed by atoms with E-state index in [0.717, 1.165) is 19.6 Å². The number of aromatic nitrogens is 2. The Morgan fingerprint density at radius 1 is 1.40 bits per heavy atom. The number of rotatable bonds is 6. The zero-order valence-corrected chi connectivity index (χ0v) is 14.4. The standard InChI is InChI=1S/C14H26N2O3Si/c1-14(2,3)20(5,6)19-9-7-8-16-10-12(15-11-16)13(17)18-4/h10-11H,7-9H2,1-6H3. The van der Waals surface area contributed by atoms with E-state index in [1.807, 2.05) is 4.57 Å². The van der Waals surface area contributed by atoms with Crippen molar-refractivity contribution in [1.29, 1.82) is 0 Å². The first-order valence-electron chi connectivity index (χ1n) is 6.91. The Hall–Kier alpha value is -1.14. The number of hydrogen-bond donors (Lipinski definition) is 0. The van der Waals surface area contributed by atoms with Gasteiger partial charge in [0.15, 0.2) is 14.0 Å². The smallest absolute Gasteiger partial charge is 0.358 e. The van der Waals surface area contributed by atoms with Crippen LogP contribution >= 0.6 is 0 Å². The molecule has 114 valence electrons. The lowest BCUT2D eigenvalue weighted by molar-refractivity contribution is 0.0594. The van der Waals surface area contributed by atoms with Gasteiger partial charge >= 0.3 is 5.97 Å². The van der Waals surface area contributed by atoms with Crippen molar-refractivity contribution < 1.29 is 14.0 Å². The monoisotopic (exact) mass is 298 g/mol. The highest BCUT2D eigenvalue weighted by Crippen LogP contribution is 2.36. The summed E-state index contributed by atoms with van der Waals surface area (Å²) >= 11 is 0. The summed E-state index contributed by atoms with van der Waals surface area (Å²) in [4.78, 5) is 15.3. The summed E-state index contributed by atoms with van der Waals surface area (Å²) in [7, 11) is -0.305. The molecule has 0 bridgehead atoms. The van der Waals surface area contributed by atoms with Crippen LogP contribution in [0.3, 0.4) is 0 Å². The molecular formula is C14H26N2O3Si. The average Bonchev–Trinajstić information content (AvgIpc) is 2.81. The van der Waals surface area contributed by atoms with E-state index in [4.69, 9.17) is 4.43 Å². The molecule has 0 radical (unpaired) electrons. The first kappa shape index (κ1) is 16.9. The van der Waals surface area contributed by atoms with Crippen LogP contribution in [-0.2, 0) is 15.7 Å². The maximum absolute atomic E-state index is 11.3. The zero-order chi connectivity index (χ0) is 15.4. The molecule has 0 saturated carbocycles. The van der Waals surface area contributed by atoms with Gasteiger partial charge in [0.1, 0.15) is 0 Å². The minimum absolute atomic E-state index is 0.236. The number of hydrogen-bond acceptors (Lipinski definition) is 4. The van der Waals surface area contributed by atoms with E-state index in [9.17, 15) is 4.79 Å². The normalized spacial score (nSPS) is 12.5. The van der Waals surface area contributed by atoms with Crippen molar-refractivity contribution in [2.24, 2.45) is 0 Å². The number of esters is 1. The van der Waals surface area contributed by atoms with E-state index < -0.39 is 14.3 Å².